The third-order valence-corrected chi connectivity index (χ3v) is 4.90. The molecule has 2 N–H and O–H groups in total. The Morgan fingerprint density at radius 2 is 1.77 bits per heavy atom. The number of nitrogens with two attached hydrogens (primary N) is 1. The van der Waals surface area contributed by atoms with Crippen molar-refractivity contribution in [3.63, 3.8) is 0 Å². The first-order chi connectivity index (χ1) is 10.7. The van der Waals surface area contributed by atoms with Crippen LogP contribution in [0.2, 0.25) is 0 Å². The van der Waals surface area contributed by atoms with E-state index in [2.05, 4.69) is 18.4 Å². The Kier molecular flexibility index (Phi) is 5.69. The maximum absolute atomic E-state index is 6.03. The number of hydrogen-bond acceptors (Lipinski definition) is 5. The summed E-state index contributed by atoms with van der Waals surface area (Å²) in [4.78, 5) is 1.35. The Labute approximate surface area is 135 Å². The average molecular weight is 321 g/mol. The monoisotopic (exact) mass is 321 g/mol. The van der Waals surface area contributed by atoms with E-state index in [-0.39, 0.29) is 5.92 Å². The van der Waals surface area contributed by atoms with Gasteiger partial charge in [-0.05, 0) is 43.0 Å². The summed E-state index contributed by atoms with van der Waals surface area (Å²) in [7, 11) is 4.88. The number of benzene rings is 1. The van der Waals surface area contributed by atoms with Crippen LogP contribution >= 0.6 is 11.3 Å². The van der Waals surface area contributed by atoms with E-state index in [0.717, 1.165) is 12.0 Å². The first-order valence-electron chi connectivity index (χ1n) is 7.18. The fourth-order valence-electron chi connectivity index (χ4n) is 2.60. The van der Waals surface area contributed by atoms with Crippen LogP contribution in [-0.2, 0) is 6.42 Å². The lowest BCUT2D eigenvalue weighted by molar-refractivity contribution is 0.320. The zero-order valence-electron chi connectivity index (χ0n) is 13.5. The molecule has 5 heteroatoms. The molecule has 1 aromatic heterocycles. The highest BCUT2D eigenvalue weighted by Gasteiger charge is 2.22. The molecule has 22 heavy (non-hydrogen) atoms. The summed E-state index contributed by atoms with van der Waals surface area (Å²) in [6, 6.07) is 6.06. The summed E-state index contributed by atoms with van der Waals surface area (Å²) < 4.78 is 16.4. The second-order valence-corrected chi connectivity index (χ2v) is 6.09. The van der Waals surface area contributed by atoms with Gasteiger partial charge in [0.05, 0.1) is 21.3 Å². The van der Waals surface area contributed by atoms with Crippen molar-refractivity contribution < 1.29 is 14.2 Å². The van der Waals surface area contributed by atoms with Gasteiger partial charge >= 0.3 is 0 Å². The van der Waals surface area contributed by atoms with Gasteiger partial charge in [-0.1, -0.05) is 6.07 Å². The van der Waals surface area contributed by atoms with Gasteiger partial charge in [-0.3, -0.25) is 0 Å². The number of thiophene rings is 1. The highest BCUT2D eigenvalue weighted by molar-refractivity contribution is 7.10. The molecule has 0 saturated heterocycles. The number of methoxy groups -OCH3 is 3. The summed E-state index contributed by atoms with van der Waals surface area (Å²) in [5, 5.41) is 2.12. The topological polar surface area (TPSA) is 53.7 Å². The molecule has 0 saturated carbocycles. The third-order valence-electron chi connectivity index (χ3n) is 3.86. The van der Waals surface area contributed by atoms with Crippen LogP contribution in [0.3, 0.4) is 0 Å². The fourth-order valence-corrected chi connectivity index (χ4v) is 3.59. The highest BCUT2D eigenvalue weighted by atomic mass is 32.1. The van der Waals surface area contributed by atoms with Crippen molar-refractivity contribution in [3.05, 3.63) is 39.6 Å². The molecular weight excluding hydrogens is 298 g/mol. The fraction of sp³-hybridized carbons (Fsp3) is 0.412. The molecule has 0 fully saturated rings. The summed E-state index contributed by atoms with van der Waals surface area (Å²) in [6.07, 6.45) is 0.895. The highest BCUT2D eigenvalue weighted by Crippen LogP contribution is 2.43. The maximum atomic E-state index is 6.03. The largest absolute Gasteiger partial charge is 0.493 e. The van der Waals surface area contributed by atoms with E-state index < -0.39 is 0 Å². The number of aryl methyl sites for hydroxylation is 1. The lowest BCUT2D eigenvalue weighted by Crippen LogP contribution is -2.16. The predicted octanol–water partition coefficient (Wildman–Crippen LogP) is 3.37. The minimum absolute atomic E-state index is 0.173. The molecule has 2 rings (SSSR count). The van der Waals surface area contributed by atoms with Crippen LogP contribution in [0.4, 0.5) is 0 Å². The SMILES string of the molecule is COc1ccc(C(CN)Cc2sccc2C)c(OC)c1OC. The first kappa shape index (κ1) is 16.6. The van der Waals surface area contributed by atoms with Crippen molar-refractivity contribution in [1.29, 1.82) is 0 Å². The number of ether oxygens (including phenoxy) is 3. The lowest BCUT2D eigenvalue weighted by atomic mass is 9.93. The molecule has 0 spiro atoms. The van der Waals surface area contributed by atoms with Crippen LogP contribution in [-0.4, -0.2) is 27.9 Å². The van der Waals surface area contributed by atoms with E-state index in [4.69, 9.17) is 19.9 Å². The van der Waals surface area contributed by atoms with Crippen molar-refractivity contribution in [2.45, 2.75) is 19.3 Å². The van der Waals surface area contributed by atoms with Gasteiger partial charge in [-0.2, -0.15) is 0 Å². The van der Waals surface area contributed by atoms with Gasteiger partial charge in [0.15, 0.2) is 11.5 Å². The van der Waals surface area contributed by atoms with Crippen molar-refractivity contribution in [3.8, 4) is 17.2 Å². The molecule has 1 aromatic carbocycles. The molecule has 0 radical (unpaired) electrons. The van der Waals surface area contributed by atoms with Crippen LogP contribution in [0.25, 0.3) is 0 Å². The van der Waals surface area contributed by atoms with Gasteiger partial charge in [0.25, 0.3) is 0 Å². The van der Waals surface area contributed by atoms with Gasteiger partial charge in [0, 0.05) is 16.4 Å². The number of hydrogen-bond donors (Lipinski definition) is 1. The van der Waals surface area contributed by atoms with Gasteiger partial charge in [-0.15, -0.1) is 11.3 Å². The van der Waals surface area contributed by atoms with E-state index in [9.17, 15) is 0 Å². The van der Waals surface area contributed by atoms with Crippen LogP contribution < -0.4 is 19.9 Å². The van der Waals surface area contributed by atoms with Crippen molar-refractivity contribution in [1.82, 2.24) is 0 Å². The zero-order valence-corrected chi connectivity index (χ0v) is 14.3. The van der Waals surface area contributed by atoms with E-state index in [1.54, 1.807) is 32.7 Å². The molecular formula is C17H23NO3S. The normalized spacial score (nSPS) is 12.0. The third kappa shape index (κ3) is 3.20. The standard InChI is InChI=1S/C17H23NO3S/c1-11-7-8-22-15(11)9-12(10-18)13-5-6-14(19-2)17(21-4)16(13)20-3/h5-8,12H,9-10,18H2,1-4H3. The quantitative estimate of drug-likeness (QED) is 0.849. The van der Waals surface area contributed by atoms with Crippen molar-refractivity contribution >= 4 is 11.3 Å². The van der Waals surface area contributed by atoms with Gasteiger partial charge in [0.1, 0.15) is 0 Å². The smallest absolute Gasteiger partial charge is 0.203 e. The molecule has 120 valence electrons. The van der Waals surface area contributed by atoms with Gasteiger partial charge in [-0.25, -0.2) is 0 Å². The molecule has 4 nitrogen and oxygen atoms in total. The van der Waals surface area contributed by atoms with Gasteiger partial charge in [0.2, 0.25) is 5.75 Å². The lowest BCUT2D eigenvalue weighted by Gasteiger charge is -2.21. The van der Waals surface area contributed by atoms with Crippen molar-refractivity contribution in [2.75, 3.05) is 27.9 Å². The summed E-state index contributed by atoms with van der Waals surface area (Å²) >= 11 is 1.77. The Morgan fingerprint density at radius 3 is 2.27 bits per heavy atom. The van der Waals surface area contributed by atoms with Crippen molar-refractivity contribution in [2.24, 2.45) is 5.73 Å². The van der Waals surface area contributed by atoms with Gasteiger partial charge < -0.3 is 19.9 Å². The molecule has 0 aliphatic carbocycles. The second-order valence-electron chi connectivity index (χ2n) is 5.09. The van der Waals surface area contributed by atoms with Crippen LogP contribution in [0, 0.1) is 6.92 Å². The molecule has 2 aromatic rings. The minimum Gasteiger partial charge on any atom is -0.493 e. The van der Waals surface area contributed by atoms with Crippen LogP contribution in [0.5, 0.6) is 17.2 Å². The summed E-state index contributed by atoms with van der Waals surface area (Å²) in [5.74, 6) is 2.15. The Balaban J connectivity index is 2.42. The zero-order chi connectivity index (χ0) is 16.1. The first-order valence-corrected chi connectivity index (χ1v) is 8.06. The molecule has 0 aliphatic heterocycles. The average Bonchev–Trinajstić information content (AvgIpc) is 2.95. The summed E-state index contributed by atoms with van der Waals surface area (Å²) in [5.41, 5.74) is 8.39. The Morgan fingerprint density at radius 1 is 1.05 bits per heavy atom. The number of rotatable bonds is 7. The molecule has 0 amide bonds. The van der Waals surface area contributed by atoms with E-state index in [1.165, 1.54) is 10.4 Å². The minimum atomic E-state index is 0.173. The maximum Gasteiger partial charge on any atom is 0.203 e. The molecule has 1 heterocycles. The van der Waals surface area contributed by atoms with E-state index >= 15 is 0 Å². The molecule has 0 aliphatic rings. The van der Waals surface area contributed by atoms with E-state index in [1.807, 2.05) is 12.1 Å². The molecule has 1 unspecified atom stereocenters. The Hall–Kier alpha value is -1.72. The predicted molar refractivity (Wildman–Crippen MR) is 90.7 cm³/mol. The second kappa shape index (κ2) is 7.51. The Bertz CT molecular complexity index is 624. The molecule has 0 bridgehead atoms. The van der Waals surface area contributed by atoms with Crippen LogP contribution in [0.1, 0.15) is 21.9 Å². The molecule has 1 atom stereocenters. The van der Waals surface area contributed by atoms with Crippen LogP contribution in [0.15, 0.2) is 23.6 Å². The summed E-state index contributed by atoms with van der Waals surface area (Å²) in [6.45, 7) is 2.68. The van der Waals surface area contributed by atoms with E-state index in [0.29, 0.717) is 23.8 Å².